The quantitative estimate of drug-likeness (QED) is 0.855. The summed E-state index contributed by atoms with van der Waals surface area (Å²) in [5.41, 5.74) is 0.630. The Morgan fingerprint density at radius 3 is 2.80 bits per heavy atom. The molecule has 1 aromatic carbocycles. The number of hydrogen-bond donors (Lipinski definition) is 0. The number of amides is 1. The molecule has 1 aromatic heterocycles. The molecule has 2 atom stereocenters. The molecule has 0 N–H and O–H groups in total. The summed E-state index contributed by atoms with van der Waals surface area (Å²) in [5, 5.41) is 0.889. The first kappa shape index (κ1) is 16.4. The first-order valence-corrected chi connectivity index (χ1v) is 8.85. The topological polar surface area (TPSA) is 55.2 Å². The van der Waals surface area contributed by atoms with Gasteiger partial charge in [0.1, 0.15) is 0 Å². The average Bonchev–Trinajstić information content (AvgIpc) is 3.25. The van der Waals surface area contributed by atoms with Crippen LogP contribution in [0.15, 0.2) is 28.7 Å². The molecule has 2 aromatic rings. The number of furan rings is 1. The van der Waals surface area contributed by atoms with E-state index in [1.54, 1.807) is 7.11 Å². The lowest BCUT2D eigenvalue weighted by Crippen LogP contribution is -2.47. The number of carbonyl (C=O) groups excluding carboxylic acids is 1. The fraction of sp³-hybridized carbons (Fsp3) is 0.526. The molecule has 4 rings (SSSR count). The van der Waals surface area contributed by atoms with Gasteiger partial charge in [0.05, 0.1) is 20.3 Å². The van der Waals surface area contributed by atoms with Gasteiger partial charge >= 0.3 is 0 Å². The van der Waals surface area contributed by atoms with Crippen molar-refractivity contribution in [2.75, 3.05) is 46.5 Å². The van der Waals surface area contributed by atoms with Crippen molar-refractivity contribution in [1.29, 1.82) is 0 Å². The molecule has 2 aliphatic heterocycles. The molecule has 25 heavy (non-hydrogen) atoms. The largest absolute Gasteiger partial charge is 0.493 e. The van der Waals surface area contributed by atoms with E-state index in [1.165, 1.54) is 0 Å². The molecule has 134 valence electrons. The highest BCUT2D eigenvalue weighted by molar-refractivity contribution is 5.97. The maximum atomic E-state index is 12.9. The van der Waals surface area contributed by atoms with E-state index in [-0.39, 0.29) is 5.91 Å². The van der Waals surface area contributed by atoms with Crippen LogP contribution in [0.2, 0.25) is 0 Å². The molecule has 1 amide bonds. The summed E-state index contributed by atoms with van der Waals surface area (Å²) in [6, 6.07) is 7.88. The van der Waals surface area contributed by atoms with Crippen LogP contribution in [0.5, 0.6) is 5.75 Å². The predicted octanol–water partition coefficient (Wildman–Crippen LogP) is 2.23. The van der Waals surface area contributed by atoms with Crippen LogP contribution < -0.4 is 4.74 Å². The van der Waals surface area contributed by atoms with E-state index in [1.807, 2.05) is 29.2 Å². The highest BCUT2D eigenvalue weighted by Gasteiger charge is 2.37. The molecule has 3 heterocycles. The minimum atomic E-state index is -0.0409. The minimum absolute atomic E-state index is 0.0409. The Morgan fingerprint density at radius 1 is 1.24 bits per heavy atom. The van der Waals surface area contributed by atoms with E-state index in [4.69, 9.17) is 13.9 Å². The number of rotatable bonds is 3. The van der Waals surface area contributed by atoms with E-state index >= 15 is 0 Å². The standard InChI is InChI=1S/C19H24N2O4/c1-13-11-21(12-15(13)20-6-8-24-9-7-20)19(22)17-10-14-4-3-5-16(23-2)18(14)25-17/h3-5,10,13,15H,6-9,11-12H2,1-2H3/t13-,15+/m1/s1. The number of hydrogen-bond acceptors (Lipinski definition) is 5. The van der Waals surface area contributed by atoms with E-state index in [2.05, 4.69) is 11.8 Å². The number of ether oxygens (including phenoxy) is 2. The lowest BCUT2D eigenvalue weighted by molar-refractivity contribution is 0.0119. The van der Waals surface area contributed by atoms with Gasteiger partial charge in [0.25, 0.3) is 5.91 Å². The molecule has 0 saturated carbocycles. The van der Waals surface area contributed by atoms with Gasteiger partial charge < -0.3 is 18.8 Å². The smallest absolute Gasteiger partial charge is 0.289 e. The van der Waals surface area contributed by atoms with Crippen LogP contribution in [0.3, 0.4) is 0 Å². The predicted molar refractivity (Wildman–Crippen MR) is 94.0 cm³/mol. The first-order valence-electron chi connectivity index (χ1n) is 8.85. The molecule has 0 aliphatic carbocycles. The Morgan fingerprint density at radius 2 is 2.04 bits per heavy atom. The number of para-hydroxylation sites is 1. The van der Waals surface area contributed by atoms with Crippen LogP contribution in [-0.2, 0) is 4.74 Å². The second kappa shape index (κ2) is 6.69. The zero-order valence-corrected chi connectivity index (χ0v) is 14.7. The average molecular weight is 344 g/mol. The van der Waals surface area contributed by atoms with E-state index in [0.29, 0.717) is 29.1 Å². The molecule has 0 unspecified atom stereocenters. The normalized spacial score (nSPS) is 24.8. The van der Waals surface area contributed by atoms with E-state index in [9.17, 15) is 4.79 Å². The number of morpholine rings is 1. The molecule has 0 spiro atoms. The highest BCUT2D eigenvalue weighted by atomic mass is 16.5. The SMILES string of the molecule is COc1cccc2cc(C(=O)N3C[C@@H](C)[C@@H](N4CCOCC4)C3)oc12. The molecule has 2 saturated heterocycles. The Hall–Kier alpha value is -2.05. The monoisotopic (exact) mass is 344 g/mol. The lowest BCUT2D eigenvalue weighted by atomic mass is 10.0. The van der Waals surface area contributed by atoms with Crippen LogP contribution in [0.1, 0.15) is 17.5 Å². The summed E-state index contributed by atoms with van der Waals surface area (Å²) < 4.78 is 16.6. The summed E-state index contributed by atoms with van der Waals surface area (Å²) >= 11 is 0. The molecule has 0 bridgehead atoms. The van der Waals surface area contributed by atoms with Crippen molar-refractivity contribution in [1.82, 2.24) is 9.80 Å². The van der Waals surface area contributed by atoms with Gasteiger partial charge in [-0.15, -0.1) is 0 Å². The molecule has 6 nitrogen and oxygen atoms in total. The van der Waals surface area contributed by atoms with Gasteiger partial charge in [0.15, 0.2) is 17.1 Å². The summed E-state index contributed by atoms with van der Waals surface area (Å²) in [7, 11) is 1.61. The van der Waals surface area contributed by atoms with Crippen molar-refractivity contribution in [2.24, 2.45) is 5.92 Å². The van der Waals surface area contributed by atoms with Crippen molar-refractivity contribution >= 4 is 16.9 Å². The second-order valence-corrected chi connectivity index (χ2v) is 6.89. The summed E-state index contributed by atoms with van der Waals surface area (Å²) in [4.78, 5) is 17.3. The van der Waals surface area contributed by atoms with Crippen molar-refractivity contribution in [2.45, 2.75) is 13.0 Å². The van der Waals surface area contributed by atoms with Gasteiger partial charge in [-0.3, -0.25) is 9.69 Å². The highest BCUT2D eigenvalue weighted by Crippen LogP contribution is 2.30. The maximum absolute atomic E-state index is 12.9. The lowest BCUT2D eigenvalue weighted by Gasteiger charge is -2.33. The maximum Gasteiger partial charge on any atom is 0.289 e. The van der Waals surface area contributed by atoms with Crippen LogP contribution in [0.25, 0.3) is 11.0 Å². The molecular weight excluding hydrogens is 320 g/mol. The van der Waals surface area contributed by atoms with Gasteiger partial charge in [-0.05, 0) is 18.1 Å². The fourth-order valence-electron chi connectivity index (χ4n) is 3.96. The number of carbonyl (C=O) groups is 1. The Labute approximate surface area is 147 Å². The van der Waals surface area contributed by atoms with Crippen molar-refractivity contribution in [3.05, 3.63) is 30.0 Å². The molecule has 6 heteroatoms. The molecule has 0 radical (unpaired) electrons. The van der Waals surface area contributed by atoms with Crippen LogP contribution in [0.4, 0.5) is 0 Å². The number of likely N-dealkylation sites (tertiary alicyclic amines) is 1. The van der Waals surface area contributed by atoms with Gasteiger partial charge in [0.2, 0.25) is 0 Å². The van der Waals surface area contributed by atoms with Crippen molar-refractivity contribution in [3.63, 3.8) is 0 Å². The van der Waals surface area contributed by atoms with Crippen LogP contribution >= 0.6 is 0 Å². The fourth-order valence-corrected chi connectivity index (χ4v) is 3.96. The van der Waals surface area contributed by atoms with Gasteiger partial charge in [-0.2, -0.15) is 0 Å². The summed E-state index contributed by atoms with van der Waals surface area (Å²) in [6.45, 7) is 7.16. The first-order chi connectivity index (χ1) is 12.2. The number of fused-ring (bicyclic) bond motifs is 1. The molecular formula is C19H24N2O4. The zero-order valence-electron chi connectivity index (χ0n) is 14.7. The van der Waals surface area contributed by atoms with Gasteiger partial charge in [0, 0.05) is 37.6 Å². The third kappa shape index (κ3) is 3.00. The molecule has 2 fully saturated rings. The van der Waals surface area contributed by atoms with Crippen LogP contribution in [-0.4, -0.2) is 68.3 Å². The minimum Gasteiger partial charge on any atom is -0.493 e. The van der Waals surface area contributed by atoms with E-state index < -0.39 is 0 Å². The van der Waals surface area contributed by atoms with Gasteiger partial charge in [-0.25, -0.2) is 0 Å². The number of methoxy groups -OCH3 is 1. The van der Waals surface area contributed by atoms with E-state index in [0.717, 1.165) is 44.8 Å². The third-order valence-corrected chi connectivity index (χ3v) is 5.31. The number of benzene rings is 1. The summed E-state index contributed by atoms with van der Waals surface area (Å²) in [6.07, 6.45) is 0. The number of nitrogens with zero attached hydrogens (tertiary/aromatic N) is 2. The Kier molecular flexibility index (Phi) is 4.39. The summed E-state index contributed by atoms with van der Waals surface area (Å²) in [5.74, 6) is 1.44. The van der Waals surface area contributed by atoms with Crippen LogP contribution in [0, 0.1) is 5.92 Å². The molecule has 2 aliphatic rings. The second-order valence-electron chi connectivity index (χ2n) is 6.89. The zero-order chi connectivity index (χ0) is 17.4. The Bertz CT molecular complexity index is 766. The third-order valence-electron chi connectivity index (χ3n) is 5.31. The van der Waals surface area contributed by atoms with Crippen molar-refractivity contribution in [3.8, 4) is 5.75 Å². The van der Waals surface area contributed by atoms with Crippen molar-refractivity contribution < 1.29 is 18.7 Å². The van der Waals surface area contributed by atoms with Gasteiger partial charge in [-0.1, -0.05) is 19.1 Å². The Balaban J connectivity index is 1.53.